The molecule has 0 radical (unpaired) electrons. The summed E-state index contributed by atoms with van der Waals surface area (Å²) in [7, 11) is 1.73. The number of carbonyl (C=O) groups is 1. The molecule has 0 saturated carbocycles. The Balaban J connectivity index is 2.07. The number of hydrogen-bond donors (Lipinski definition) is 0. The second-order valence-electron chi connectivity index (χ2n) is 4.30. The number of ketones is 1. The van der Waals surface area contributed by atoms with Crippen molar-refractivity contribution in [3.8, 4) is 0 Å². The number of benzene rings is 1. The van der Waals surface area contributed by atoms with E-state index >= 15 is 0 Å². The van der Waals surface area contributed by atoms with E-state index in [-0.39, 0.29) is 11.5 Å². The molecule has 6 heteroatoms. The summed E-state index contributed by atoms with van der Waals surface area (Å²) in [6.07, 6.45) is 9.23. The molecule has 0 bridgehead atoms. The van der Waals surface area contributed by atoms with Crippen LogP contribution >= 0.6 is 0 Å². The zero-order valence-corrected chi connectivity index (χ0v) is 11.3. The van der Waals surface area contributed by atoms with E-state index in [0.29, 0.717) is 11.1 Å². The summed E-state index contributed by atoms with van der Waals surface area (Å²) in [4.78, 5) is 22.2. The Morgan fingerprint density at radius 1 is 1.33 bits per heavy atom. The van der Waals surface area contributed by atoms with Crippen LogP contribution in [0.15, 0.2) is 54.9 Å². The van der Waals surface area contributed by atoms with Crippen LogP contribution in [0, 0.1) is 10.1 Å². The van der Waals surface area contributed by atoms with Gasteiger partial charge in [-0.2, -0.15) is 5.10 Å². The van der Waals surface area contributed by atoms with Crippen molar-refractivity contribution in [3.63, 3.8) is 0 Å². The summed E-state index contributed by atoms with van der Waals surface area (Å²) in [6, 6.07) is 6.41. The van der Waals surface area contributed by atoms with Gasteiger partial charge in [0.25, 0.3) is 5.69 Å². The Kier molecular flexibility index (Phi) is 4.40. The number of carbonyl (C=O) groups excluding carboxylic acids is 1. The first-order chi connectivity index (χ1) is 10.1. The lowest BCUT2D eigenvalue weighted by atomic mass is 10.1. The van der Waals surface area contributed by atoms with Gasteiger partial charge in [0.1, 0.15) is 0 Å². The number of rotatable bonds is 5. The van der Waals surface area contributed by atoms with Crippen LogP contribution in [0.4, 0.5) is 5.69 Å². The van der Waals surface area contributed by atoms with Crippen molar-refractivity contribution < 1.29 is 9.72 Å². The average molecular weight is 283 g/mol. The molecule has 0 aliphatic heterocycles. The first kappa shape index (κ1) is 14.4. The van der Waals surface area contributed by atoms with Crippen LogP contribution in [-0.4, -0.2) is 20.5 Å². The molecule has 1 aromatic carbocycles. The van der Waals surface area contributed by atoms with E-state index in [2.05, 4.69) is 5.10 Å². The first-order valence-corrected chi connectivity index (χ1v) is 6.19. The van der Waals surface area contributed by atoms with Gasteiger partial charge < -0.3 is 0 Å². The third-order valence-electron chi connectivity index (χ3n) is 2.76. The van der Waals surface area contributed by atoms with Gasteiger partial charge in [0, 0.05) is 19.3 Å². The van der Waals surface area contributed by atoms with Crippen molar-refractivity contribution in [2.24, 2.45) is 7.05 Å². The number of aromatic nitrogens is 2. The molecule has 0 N–H and O–H groups in total. The standard InChI is InChI=1S/C15H13N3O3/c1-17-11-13(10-16-17)15(19)9-5-3-7-12-6-2-4-8-14(12)18(20)21/h2-11H,1H3/b7-3-,9-5+. The van der Waals surface area contributed by atoms with Gasteiger partial charge in [-0.15, -0.1) is 0 Å². The molecule has 0 spiro atoms. The van der Waals surface area contributed by atoms with Crippen molar-refractivity contribution in [2.45, 2.75) is 0 Å². The Hall–Kier alpha value is -3.02. The van der Waals surface area contributed by atoms with E-state index < -0.39 is 4.92 Å². The highest BCUT2D eigenvalue weighted by atomic mass is 16.6. The summed E-state index contributed by atoms with van der Waals surface area (Å²) < 4.78 is 1.55. The lowest BCUT2D eigenvalue weighted by Crippen LogP contribution is -1.91. The fraction of sp³-hybridized carbons (Fsp3) is 0.0667. The van der Waals surface area contributed by atoms with E-state index in [0.717, 1.165) is 0 Å². The number of aryl methyl sites for hydroxylation is 1. The van der Waals surface area contributed by atoms with Gasteiger partial charge in [0.15, 0.2) is 5.78 Å². The van der Waals surface area contributed by atoms with E-state index in [9.17, 15) is 14.9 Å². The van der Waals surface area contributed by atoms with E-state index in [1.807, 2.05) is 0 Å². The maximum atomic E-state index is 11.8. The van der Waals surface area contributed by atoms with Gasteiger partial charge in [-0.25, -0.2) is 0 Å². The normalized spacial score (nSPS) is 11.3. The molecule has 0 fully saturated rings. The number of hydrogen-bond acceptors (Lipinski definition) is 4. The van der Waals surface area contributed by atoms with E-state index in [1.165, 1.54) is 18.3 Å². The molecule has 1 aromatic heterocycles. The molecular formula is C15H13N3O3. The Bertz CT molecular complexity index is 729. The Morgan fingerprint density at radius 3 is 2.76 bits per heavy atom. The monoisotopic (exact) mass is 283 g/mol. The highest BCUT2D eigenvalue weighted by Crippen LogP contribution is 2.18. The molecular weight excluding hydrogens is 270 g/mol. The summed E-state index contributed by atoms with van der Waals surface area (Å²) in [5.74, 6) is -0.171. The number of nitrogens with zero attached hydrogens (tertiary/aromatic N) is 3. The van der Waals surface area contributed by atoms with Crippen LogP contribution in [0.2, 0.25) is 0 Å². The largest absolute Gasteiger partial charge is 0.289 e. The molecule has 0 saturated heterocycles. The minimum absolute atomic E-state index is 0.0285. The van der Waals surface area contributed by atoms with Gasteiger partial charge >= 0.3 is 0 Å². The second kappa shape index (κ2) is 6.42. The Labute approximate surface area is 121 Å². The third kappa shape index (κ3) is 3.73. The summed E-state index contributed by atoms with van der Waals surface area (Å²) in [6.45, 7) is 0. The zero-order chi connectivity index (χ0) is 15.2. The van der Waals surface area contributed by atoms with Crippen LogP contribution in [-0.2, 0) is 7.05 Å². The fourth-order valence-electron chi connectivity index (χ4n) is 1.74. The maximum absolute atomic E-state index is 11.8. The average Bonchev–Trinajstić information content (AvgIpc) is 2.90. The number of nitro groups is 1. The molecule has 2 rings (SSSR count). The smallest absolute Gasteiger partial charge is 0.276 e. The van der Waals surface area contributed by atoms with Gasteiger partial charge in [-0.3, -0.25) is 19.6 Å². The highest BCUT2D eigenvalue weighted by Gasteiger charge is 2.08. The lowest BCUT2D eigenvalue weighted by Gasteiger charge is -1.95. The van der Waals surface area contributed by atoms with Crippen molar-refractivity contribution in [1.82, 2.24) is 9.78 Å². The molecule has 6 nitrogen and oxygen atoms in total. The third-order valence-corrected chi connectivity index (χ3v) is 2.76. The van der Waals surface area contributed by atoms with Crippen LogP contribution < -0.4 is 0 Å². The molecule has 2 aromatic rings. The van der Waals surface area contributed by atoms with Gasteiger partial charge in [-0.1, -0.05) is 24.3 Å². The Morgan fingerprint density at radius 2 is 2.10 bits per heavy atom. The number of nitro benzene ring substituents is 1. The van der Waals surface area contributed by atoms with Crippen LogP contribution in [0.5, 0.6) is 0 Å². The molecule has 0 unspecified atom stereocenters. The topological polar surface area (TPSA) is 78.0 Å². The second-order valence-corrected chi connectivity index (χ2v) is 4.30. The van der Waals surface area contributed by atoms with Gasteiger partial charge in [-0.05, 0) is 18.2 Å². The van der Waals surface area contributed by atoms with Crippen molar-refractivity contribution in [3.05, 3.63) is 76.1 Å². The van der Waals surface area contributed by atoms with Crippen LogP contribution in [0.3, 0.4) is 0 Å². The SMILES string of the molecule is Cn1cc(C(=O)/C=C/C=C\c2ccccc2[N+](=O)[O-])cn1. The quantitative estimate of drug-likeness (QED) is 0.278. The van der Waals surface area contributed by atoms with E-state index in [1.54, 1.807) is 54.4 Å². The predicted octanol–water partition coefficient (Wildman–Crippen LogP) is 2.78. The van der Waals surface area contributed by atoms with Crippen LogP contribution in [0.25, 0.3) is 6.08 Å². The molecule has 0 aliphatic rings. The minimum Gasteiger partial charge on any atom is -0.289 e. The summed E-state index contributed by atoms with van der Waals surface area (Å²) >= 11 is 0. The molecule has 106 valence electrons. The predicted molar refractivity (Wildman–Crippen MR) is 78.8 cm³/mol. The fourth-order valence-corrected chi connectivity index (χ4v) is 1.74. The zero-order valence-electron chi connectivity index (χ0n) is 11.3. The van der Waals surface area contributed by atoms with Crippen molar-refractivity contribution in [1.29, 1.82) is 0 Å². The van der Waals surface area contributed by atoms with Gasteiger partial charge in [0.2, 0.25) is 0 Å². The lowest BCUT2D eigenvalue weighted by molar-refractivity contribution is -0.385. The number of allylic oxidation sites excluding steroid dienone is 3. The van der Waals surface area contributed by atoms with Crippen LogP contribution in [0.1, 0.15) is 15.9 Å². The summed E-state index contributed by atoms with van der Waals surface area (Å²) in [5.41, 5.74) is 1.01. The van der Waals surface area contributed by atoms with E-state index in [4.69, 9.17) is 0 Å². The van der Waals surface area contributed by atoms with Gasteiger partial charge in [0.05, 0.1) is 22.2 Å². The minimum atomic E-state index is -0.440. The molecule has 21 heavy (non-hydrogen) atoms. The first-order valence-electron chi connectivity index (χ1n) is 6.19. The molecule has 0 aliphatic carbocycles. The summed E-state index contributed by atoms with van der Waals surface area (Å²) in [5, 5.41) is 14.8. The maximum Gasteiger partial charge on any atom is 0.276 e. The highest BCUT2D eigenvalue weighted by molar-refractivity contribution is 6.04. The molecule has 0 amide bonds. The van der Waals surface area contributed by atoms with Crippen molar-refractivity contribution in [2.75, 3.05) is 0 Å². The molecule has 0 atom stereocenters. The number of para-hydroxylation sites is 1. The molecule has 1 heterocycles. The van der Waals surface area contributed by atoms with Crippen molar-refractivity contribution >= 4 is 17.5 Å².